The molecule has 8 nitrogen and oxygen atoms in total. The molecule has 10 heteroatoms. The van der Waals surface area contributed by atoms with Crippen LogP contribution in [0.2, 0.25) is 10.0 Å². The molecule has 1 N–H and O–H groups in total. The lowest BCUT2D eigenvalue weighted by Crippen LogP contribution is -2.24. The fraction of sp³-hybridized carbons (Fsp3) is 0.158. The van der Waals surface area contributed by atoms with E-state index in [2.05, 4.69) is 10.4 Å². The molecule has 1 amide bonds. The van der Waals surface area contributed by atoms with Gasteiger partial charge in [0, 0.05) is 23.4 Å². The van der Waals surface area contributed by atoms with Crippen LogP contribution in [-0.2, 0) is 4.79 Å². The number of carbonyl (C=O) groups excluding carboxylic acids is 1. The first-order chi connectivity index (χ1) is 13.7. The number of non-ortho nitro benzene ring substituents is 1. The van der Waals surface area contributed by atoms with E-state index >= 15 is 0 Å². The summed E-state index contributed by atoms with van der Waals surface area (Å²) in [6.45, 7) is 3.43. The standard InChI is InChI=1S/C19H16Cl2N4O4/c1-11-5-13(20)3-4-18(11)29-17-7-15(6-16(8-17)25(27)28)23-19(26)12(2)24-10-14(21)9-22-24/h3-10,12H,1-2H3,(H,23,26). The number of hydrogen-bond donors (Lipinski definition) is 1. The summed E-state index contributed by atoms with van der Waals surface area (Å²) in [6.07, 6.45) is 2.93. The third-order valence-electron chi connectivity index (χ3n) is 4.08. The van der Waals surface area contributed by atoms with E-state index < -0.39 is 16.9 Å². The van der Waals surface area contributed by atoms with Gasteiger partial charge < -0.3 is 10.1 Å². The number of nitro benzene ring substituents is 1. The summed E-state index contributed by atoms with van der Waals surface area (Å²) in [5.41, 5.74) is 0.758. The Bertz CT molecular complexity index is 1080. The van der Waals surface area contributed by atoms with Crippen LogP contribution in [0.1, 0.15) is 18.5 Å². The molecule has 0 aliphatic rings. The van der Waals surface area contributed by atoms with E-state index in [0.717, 1.165) is 5.56 Å². The van der Waals surface area contributed by atoms with Gasteiger partial charge in [0.25, 0.3) is 5.69 Å². The second kappa shape index (κ2) is 8.50. The zero-order valence-electron chi connectivity index (χ0n) is 15.4. The molecular formula is C19H16Cl2N4O4. The third kappa shape index (κ3) is 5.04. The Hall–Kier alpha value is -3.10. The molecule has 0 radical (unpaired) electrons. The van der Waals surface area contributed by atoms with Crippen LogP contribution in [0.25, 0.3) is 0 Å². The number of rotatable bonds is 6. The molecule has 1 heterocycles. The average molecular weight is 435 g/mol. The smallest absolute Gasteiger partial charge is 0.275 e. The largest absolute Gasteiger partial charge is 0.457 e. The van der Waals surface area contributed by atoms with E-state index in [1.54, 1.807) is 32.0 Å². The lowest BCUT2D eigenvalue weighted by Gasteiger charge is -2.14. The first kappa shape index (κ1) is 20.6. The molecule has 1 atom stereocenters. The second-order valence-corrected chi connectivity index (χ2v) is 7.16. The topological polar surface area (TPSA) is 99.3 Å². The Morgan fingerprint density at radius 1 is 1.24 bits per heavy atom. The number of nitrogens with zero attached hydrogens (tertiary/aromatic N) is 3. The number of anilines is 1. The summed E-state index contributed by atoms with van der Waals surface area (Å²) in [4.78, 5) is 23.3. The monoisotopic (exact) mass is 434 g/mol. The SMILES string of the molecule is Cc1cc(Cl)ccc1Oc1cc(NC(=O)C(C)n2cc(Cl)cn2)cc([N+](=O)[O-])c1. The van der Waals surface area contributed by atoms with Crippen LogP contribution in [-0.4, -0.2) is 20.6 Å². The number of ether oxygens (including phenoxy) is 1. The molecule has 1 unspecified atom stereocenters. The Balaban J connectivity index is 1.86. The van der Waals surface area contributed by atoms with Gasteiger partial charge in [0.2, 0.25) is 5.91 Å². The van der Waals surface area contributed by atoms with Crippen molar-refractivity contribution in [2.24, 2.45) is 0 Å². The molecule has 0 saturated heterocycles. The van der Waals surface area contributed by atoms with Crippen molar-refractivity contribution in [3.63, 3.8) is 0 Å². The Morgan fingerprint density at radius 2 is 2.00 bits per heavy atom. The van der Waals surface area contributed by atoms with Gasteiger partial charge in [0.15, 0.2) is 0 Å². The van der Waals surface area contributed by atoms with Gasteiger partial charge in [-0.15, -0.1) is 0 Å². The molecule has 0 saturated carbocycles. The minimum atomic E-state index is -0.676. The Labute approximate surface area is 176 Å². The molecule has 0 spiro atoms. The van der Waals surface area contributed by atoms with Crippen LogP contribution < -0.4 is 10.1 Å². The maximum absolute atomic E-state index is 12.5. The van der Waals surface area contributed by atoms with Crippen molar-refractivity contribution >= 4 is 40.5 Å². The van der Waals surface area contributed by atoms with Gasteiger partial charge in [-0.25, -0.2) is 0 Å². The van der Waals surface area contributed by atoms with Crippen molar-refractivity contribution < 1.29 is 14.5 Å². The maximum atomic E-state index is 12.5. The normalized spacial score (nSPS) is 11.7. The van der Waals surface area contributed by atoms with Crippen molar-refractivity contribution in [2.75, 3.05) is 5.32 Å². The zero-order chi connectivity index (χ0) is 21.1. The Kier molecular flexibility index (Phi) is 6.05. The third-order valence-corrected chi connectivity index (χ3v) is 4.51. The molecule has 0 fully saturated rings. The predicted molar refractivity (Wildman–Crippen MR) is 110 cm³/mol. The summed E-state index contributed by atoms with van der Waals surface area (Å²) in [5.74, 6) is 0.278. The average Bonchev–Trinajstić information content (AvgIpc) is 3.09. The van der Waals surface area contributed by atoms with Gasteiger partial charge in [0.1, 0.15) is 17.5 Å². The fourth-order valence-corrected chi connectivity index (χ4v) is 2.94. The van der Waals surface area contributed by atoms with E-state index in [4.69, 9.17) is 27.9 Å². The van der Waals surface area contributed by atoms with E-state index in [1.807, 2.05) is 0 Å². The first-order valence-corrected chi connectivity index (χ1v) is 9.22. The second-order valence-electron chi connectivity index (χ2n) is 6.29. The number of carbonyl (C=O) groups is 1. The number of hydrogen-bond acceptors (Lipinski definition) is 5. The highest BCUT2D eigenvalue weighted by Crippen LogP contribution is 2.32. The Morgan fingerprint density at radius 3 is 2.62 bits per heavy atom. The molecular weight excluding hydrogens is 419 g/mol. The number of halogens is 2. The quantitative estimate of drug-likeness (QED) is 0.413. The van der Waals surface area contributed by atoms with Crippen LogP contribution in [0.4, 0.5) is 11.4 Å². The zero-order valence-corrected chi connectivity index (χ0v) is 16.9. The van der Waals surface area contributed by atoms with Gasteiger partial charge in [-0.1, -0.05) is 23.2 Å². The summed E-state index contributed by atoms with van der Waals surface area (Å²) >= 11 is 11.8. The van der Waals surface area contributed by atoms with Gasteiger partial charge in [-0.05, 0) is 37.6 Å². The van der Waals surface area contributed by atoms with Crippen LogP contribution >= 0.6 is 23.2 Å². The van der Waals surface area contributed by atoms with Crippen LogP contribution in [0.5, 0.6) is 11.5 Å². The molecule has 0 bridgehead atoms. The van der Waals surface area contributed by atoms with Crippen LogP contribution in [0, 0.1) is 17.0 Å². The van der Waals surface area contributed by atoms with Crippen LogP contribution in [0.3, 0.4) is 0 Å². The number of amides is 1. The van der Waals surface area contributed by atoms with Gasteiger partial charge in [0.05, 0.1) is 27.9 Å². The van der Waals surface area contributed by atoms with Crippen molar-refractivity contribution in [1.29, 1.82) is 0 Å². The van der Waals surface area contributed by atoms with E-state index in [0.29, 0.717) is 15.8 Å². The number of nitrogens with one attached hydrogen (secondary N) is 1. The molecule has 0 aliphatic carbocycles. The van der Waals surface area contributed by atoms with Gasteiger partial charge in [-0.2, -0.15) is 5.10 Å². The van der Waals surface area contributed by atoms with Crippen molar-refractivity contribution in [1.82, 2.24) is 9.78 Å². The summed E-state index contributed by atoms with van der Waals surface area (Å²) in [7, 11) is 0. The van der Waals surface area contributed by atoms with Gasteiger partial charge in [-0.3, -0.25) is 19.6 Å². The minimum Gasteiger partial charge on any atom is -0.457 e. The highest BCUT2D eigenvalue weighted by molar-refractivity contribution is 6.30. The van der Waals surface area contributed by atoms with Crippen molar-refractivity contribution in [2.45, 2.75) is 19.9 Å². The first-order valence-electron chi connectivity index (χ1n) is 8.47. The van der Waals surface area contributed by atoms with Crippen molar-refractivity contribution in [3.05, 3.63) is 74.5 Å². The van der Waals surface area contributed by atoms with E-state index in [-0.39, 0.29) is 17.1 Å². The lowest BCUT2D eigenvalue weighted by atomic mass is 10.2. The lowest BCUT2D eigenvalue weighted by molar-refractivity contribution is -0.384. The number of aryl methyl sites for hydroxylation is 1. The number of aromatic nitrogens is 2. The van der Waals surface area contributed by atoms with Crippen molar-refractivity contribution in [3.8, 4) is 11.5 Å². The number of nitro groups is 1. The maximum Gasteiger partial charge on any atom is 0.275 e. The van der Waals surface area contributed by atoms with E-state index in [9.17, 15) is 14.9 Å². The van der Waals surface area contributed by atoms with Gasteiger partial charge >= 0.3 is 0 Å². The molecule has 2 aromatic carbocycles. The molecule has 1 aromatic heterocycles. The molecule has 29 heavy (non-hydrogen) atoms. The van der Waals surface area contributed by atoms with Crippen LogP contribution in [0.15, 0.2) is 48.8 Å². The minimum absolute atomic E-state index is 0.203. The highest BCUT2D eigenvalue weighted by Gasteiger charge is 2.19. The highest BCUT2D eigenvalue weighted by atomic mass is 35.5. The predicted octanol–water partition coefficient (Wildman–Crippen LogP) is 5.40. The summed E-state index contributed by atoms with van der Waals surface area (Å²) in [5, 5.41) is 18.9. The summed E-state index contributed by atoms with van der Waals surface area (Å²) < 4.78 is 7.17. The molecule has 3 aromatic rings. The van der Waals surface area contributed by atoms with E-state index in [1.165, 1.54) is 35.3 Å². The number of benzene rings is 2. The molecule has 0 aliphatic heterocycles. The summed E-state index contributed by atoms with van der Waals surface area (Å²) in [6, 6.07) is 8.39. The fourth-order valence-electron chi connectivity index (χ4n) is 2.57. The molecule has 3 rings (SSSR count). The molecule has 150 valence electrons.